The van der Waals surface area contributed by atoms with Crippen LogP contribution in [0.15, 0.2) is 38.3 Å². The lowest BCUT2D eigenvalue weighted by Crippen LogP contribution is -2.24. The number of fused-ring (bicyclic) bond motifs is 1. The fraction of sp³-hybridized carbons (Fsp3) is 0.0833. The van der Waals surface area contributed by atoms with Gasteiger partial charge in [0.25, 0.3) is 5.56 Å². The minimum Gasteiger partial charge on any atom is -0.375 e. The summed E-state index contributed by atoms with van der Waals surface area (Å²) < 4.78 is 10.8. The lowest BCUT2D eigenvalue weighted by atomic mass is 10.3. The summed E-state index contributed by atoms with van der Waals surface area (Å²) in [5.41, 5.74) is -0.220. The van der Waals surface area contributed by atoms with Crippen molar-refractivity contribution in [1.82, 2.24) is 9.90 Å². The Morgan fingerprint density at radius 2 is 2.10 bits per heavy atom. The summed E-state index contributed by atoms with van der Waals surface area (Å²) in [7, 11) is 0. The number of nitrogens with zero attached hydrogens (tertiary/aromatic N) is 2. The van der Waals surface area contributed by atoms with Crippen molar-refractivity contribution in [3.8, 4) is 0 Å². The fourth-order valence-electron chi connectivity index (χ4n) is 1.76. The molecule has 1 aromatic carbocycles. The Kier molecular flexibility index (Phi) is 3.44. The predicted molar refractivity (Wildman–Crippen MR) is 75.6 cm³/mol. The van der Waals surface area contributed by atoms with Crippen LogP contribution in [-0.4, -0.2) is 15.8 Å². The summed E-state index contributed by atoms with van der Waals surface area (Å²) in [6.07, 6.45) is 1.31. The zero-order valence-electron chi connectivity index (χ0n) is 10.3. The Labute approximate surface area is 127 Å². The summed E-state index contributed by atoms with van der Waals surface area (Å²) >= 11 is 11.7. The van der Waals surface area contributed by atoms with Gasteiger partial charge >= 0.3 is 0 Å². The van der Waals surface area contributed by atoms with Gasteiger partial charge in [-0.15, -0.1) is 0 Å². The van der Waals surface area contributed by atoms with Crippen LogP contribution in [0.4, 0.5) is 5.82 Å². The first-order valence-corrected chi connectivity index (χ1v) is 6.49. The van der Waals surface area contributed by atoms with Gasteiger partial charge in [0.1, 0.15) is 12.8 Å². The average molecular weight is 328 g/mol. The molecule has 0 radical (unpaired) electrons. The van der Waals surface area contributed by atoms with Crippen LogP contribution in [0.1, 0.15) is 0 Å². The second-order valence-electron chi connectivity index (χ2n) is 4.13. The largest absolute Gasteiger partial charge is 0.375 e. The van der Waals surface area contributed by atoms with Crippen LogP contribution in [0.5, 0.6) is 0 Å². The van der Waals surface area contributed by atoms with Crippen LogP contribution in [0.25, 0.3) is 11.0 Å². The topological polar surface area (TPSA) is 90.3 Å². The first kappa shape index (κ1) is 13.7. The molecule has 0 unspecified atom stereocenters. The van der Waals surface area contributed by atoms with Crippen LogP contribution in [0, 0.1) is 0 Å². The van der Waals surface area contributed by atoms with Gasteiger partial charge in [0.15, 0.2) is 11.4 Å². The van der Waals surface area contributed by atoms with Crippen molar-refractivity contribution in [3.05, 3.63) is 44.9 Å². The number of carbonyl (C=O) groups is 1. The average Bonchev–Trinajstić information content (AvgIpc) is 3.02. The number of carbonyl (C=O) groups excluding carboxylic acids is 1. The molecule has 3 rings (SSSR count). The van der Waals surface area contributed by atoms with E-state index in [1.165, 1.54) is 24.5 Å². The van der Waals surface area contributed by atoms with Gasteiger partial charge in [-0.05, 0) is 6.07 Å². The molecule has 0 aliphatic heterocycles. The van der Waals surface area contributed by atoms with Crippen molar-refractivity contribution >= 4 is 45.9 Å². The lowest BCUT2D eigenvalue weighted by molar-refractivity contribution is -0.117. The van der Waals surface area contributed by atoms with Gasteiger partial charge in [0.05, 0.1) is 15.4 Å². The van der Waals surface area contributed by atoms with Crippen molar-refractivity contribution in [3.63, 3.8) is 0 Å². The Morgan fingerprint density at radius 3 is 2.81 bits per heavy atom. The summed E-state index contributed by atoms with van der Waals surface area (Å²) in [4.78, 5) is 23.9. The molecule has 2 heterocycles. The van der Waals surface area contributed by atoms with Gasteiger partial charge in [0.2, 0.25) is 5.91 Å². The van der Waals surface area contributed by atoms with E-state index in [9.17, 15) is 9.59 Å². The van der Waals surface area contributed by atoms with Crippen LogP contribution in [0.3, 0.4) is 0 Å². The number of nitrogens with one attached hydrogen (secondary N) is 1. The van der Waals surface area contributed by atoms with Gasteiger partial charge in [-0.3, -0.25) is 9.59 Å². The van der Waals surface area contributed by atoms with Crippen molar-refractivity contribution in [2.75, 3.05) is 5.32 Å². The smallest absolute Gasteiger partial charge is 0.290 e. The molecule has 1 N–H and O–H groups in total. The molecule has 108 valence electrons. The molecule has 0 spiro atoms. The van der Waals surface area contributed by atoms with E-state index in [0.29, 0.717) is 0 Å². The van der Waals surface area contributed by atoms with E-state index in [-0.39, 0.29) is 33.4 Å². The molecule has 21 heavy (non-hydrogen) atoms. The van der Waals surface area contributed by atoms with E-state index < -0.39 is 11.5 Å². The molecular weight excluding hydrogens is 321 g/mol. The maximum atomic E-state index is 12.1. The second-order valence-corrected chi connectivity index (χ2v) is 4.94. The number of halogens is 2. The van der Waals surface area contributed by atoms with Crippen LogP contribution < -0.4 is 10.9 Å². The van der Waals surface area contributed by atoms with Crippen molar-refractivity contribution in [1.29, 1.82) is 0 Å². The number of aromatic nitrogens is 2. The number of anilines is 1. The predicted octanol–water partition coefficient (Wildman–Crippen LogP) is 2.53. The molecule has 1 amide bonds. The summed E-state index contributed by atoms with van der Waals surface area (Å²) in [5, 5.41) is 6.72. The van der Waals surface area contributed by atoms with Crippen LogP contribution in [-0.2, 0) is 11.3 Å². The number of hydrogen-bond donors (Lipinski definition) is 1. The Balaban J connectivity index is 1.89. The number of amides is 1. The normalized spacial score (nSPS) is 11.0. The number of rotatable bonds is 3. The number of hydrogen-bond acceptors (Lipinski definition) is 5. The highest BCUT2D eigenvalue weighted by Gasteiger charge is 2.15. The standard InChI is InChI=1S/C12H7Cl2N3O4/c13-7-3-6-9(4-8(7)14)21-17(12(6)19)5-11(18)15-10-1-2-20-16-10/h1-4H,5H2,(H,15,16,18). The molecule has 7 nitrogen and oxygen atoms in total. The Morgan fingerprint density at radius 1 is 1.33 bits per heavy atom. The molecule has 2 aromatic heterocycles. The number of benzene rings is 1. The van der Waals surface area contributed by atoms with Gasteiger partial charge in [-0.25, -0.2) is 0 Å². The molecule has 0 atom stereocenters. The highest BCUT2D eigenvalue weighted by atomic mass is 35.5. The van der Waals surface area contributed by atoms with E-state index in [0.717, 1.165) is 4.74 Å². The molecular formula is C12H7Cl2N3O4. The first-order chi connectivity index (χ1) is 10.0. The summed E-state index contributed by atoms with van der Waals surface area (Å²) in [6.45, 7) is -0.310. The highest BCUT2D eigenvalue weighted by molar-refractivity contribution is 6.42. The SMILES string of the molecule is O=C(Cn1oc2cc(Cl)c(Cl)cc2c1=O)Nc1ccon1. The van der Waals surface area contributed by atoms with E-state index in [2.05, 4.69) is 15.0 Å². The molecule has 0 aliphatic rings. The maximum Gasteiger partial charge on any atom is 0.290 e. The summed E-state index contributed by atoms with van der Waals surface area (Å²) in [5.74, 6) is -0.238. The minimum atomic E-state index is -0.484. The fourth-order valence-corrected chi connectivity index (χ4v) is 2.08. The monoisotopic (exact) mass is 327 g/mol. The van der Waals surface area contributed by atoms with Crippen molar-refractivity contribution < 1.29 is 13.8 Å². The van der Waals surface area contributed by atoms with Gasteiger partial charge < -0.3 is 14.4 Å². The van der Waals surface area contributed by atoms with Gasteiger partial charge in [0, 0.05) is 12.1 Å². The Bertz CT molecular complexity index is 867. The minimum absolute atomic E-state index is 0.237. The quantitative estimate of drug-likeness (QED) is 0.798. The second kappa shape index (κ2) is 5.27. The van der Waals surface area contributed by atoms with E-state index in [4.69, 9.17) is 27.7 Å². The van der Waals surface area contributed by atoms with E-state index in [1.54, 1.807) is 0 Å². The molecule has 0 bridgehead atoms. The van der Waals surface area contributed by atoms with Gasteiger partial charge in [-0.2, -0.15) is 4.74 Å². The Hall–Kier alpha value is -2.25. The van der Waals surface area contributed by atoms with Crippen LogP contribution >= 0.6 is 23.2 Å². The molecule has 0 aliphatic carbocycles. The molecule has 0 fully saturated rings. The third kappa shape index (κ3) is 2.65. The van der Waals surface area contributed by atoms with Crippen molar-refractivity contribution in [2.45, 2.75) is 6.54 Å². The molecule has 0 saturated heterocycles. The third-order valence-electron chi connectivity index (χ3n) is 2.68. The molecule has 3 aromatic rings. The van der Waals surface area contributed by atoms with E-state index in [1.807, 2.05) is 0 Å². The molecule has 9 heteroatoms. The molecule has 0 saturated carbocycles. The van der Waals surface area contributed by atoms with Gasteiger partial charge in [-0.1, -0.05) is 28.4 Å². The van der Waals surface area contributed by atoms with E-state index >= 15 is 0 Å². The zero-order chi connectivity index (χ0) is 15.0. The summed E-state index contributed by atoms with van der Waals surface area (Å²) in [6, 6.07) is 4.29. The maximum absolute atomic E-state index is 12.1. The zero-order valence-corrected chi connectivity index (χ0v) is 11.8. The highest BCUT2D eigenvalue weighted by Crippen LogP contribution is 2.26. The first-order valence-electron chi connectivity index (χ1n) is 5.73. The van der Waals surface area contributed by atoms with Crippen molar-refractivity contribution in [2.24, 2.45) is 0 Å². The van der Waals surface area contributed by atoms with Crippen LogP contribution in [0.2, 0.25) is 10.0 Å². The third-order valence-corrected chi connectivity index (χ3v) is 3.40. The lowest BCUT2D eigenvalue weighted by Gasteiger charge is -1.99.